The summed E-state index contributed by atoms with van der Waals surface area (Å²) in [7, 11) is 0. The number of likely N-dealkylation sites (tertiary alicyclic amines) is 1. The predicted molar refractivity (Wildman–Crippen MR) is 109 cm³/mol. The minimum Gasteiger partial charge on any atom is -0.342 e. The molecule has 0 bridgehead atoms. The summed E-state index contributed by atoms with van der Waals surface area (Å²) in [5, 5.41) is 9.85. The van der Waals surface area contributed by atoms with E-state index in [4.69, 9.17) is 11.6 Å². The van der Waals surface area contributed by atoms with Crippen molar-refractivity contribution in [2.45, 2.75) is 31.3 Å². The molecule has 1 fully saturated rings. The van der Waals surface area contributed by atoms with Crippen LogP contribution in [0.4, 0.5) is 0 Å². The first-order valence-electron chi connectivity index (χ1n) is 9.29. The van der Waals surface area contributed by atoms with Gasteiger partial charge in [0.15, 0.2) is 11.2 Å². The number of rotatable bonds is 5. The van der Waals surface area contributed by atoms with Crippen LogP contribution in [0.15, 0.2) is 35.6 Å². The topological polar surface area (TPSA) is 76.8 Å². The van der Waals surface area contributed by atoms with E-state index in [1.807, 2.05) is 29.2 Å². The van der Waals surface area contributed by atoms with Gasteiger partial charge in [-0.3, -0.25) is 4.79 Å². The van der Waals surface area contributed by atoms with Crippen molar-refractivity contribution in [2.24, 2.45) is 5.92 Å². The van der Waals surface area contributed by atoms with E-state index >= 15 is 0 Å². The van der Waals surface area contributed by atoms with E-state index in [0.29, 0.717) is 39.4 Å². The van der Waals surface area contributed by atoms with Gasteiger partial charge in [0.1, 0.15) is 11.4 Å². The summed E-state index contributed by atoms with van der Waals surface area (Å²) in [4.78, 5) is 23.1. The number of hydrogen-bond donors (Lipinski definition) is 0. The molecule has 2 aromatic heterocycles. The third-order valence-corrected chi connectivity index (χ3v) is 6.20. The smallest absolute Gasteiger partial charge is 0.232 e. The number of amides is 1. The predicted octanol–water partition coefficient (Wildman–Crippen LogP) is 3.27. The van der Waals surface area contributed by atoms with Gasteiger partial charge in [-0.25, -0.2) is 14.6 Å². The number of carbonyl (C=O) groups excluding carboxylic acids is 1. The molecule has 146 valence electrons. The van der Waals surface area contributed by atoms with E-state index in [-0.39, 0.29) is 5.91 Å². The Morgan fingerprint density at radius 1 is 1.21 bits per heavy atom. The van der Waals surface area contributed by atoms with E-state index < -0.39 is 0 Å². The van der Waals surface area contributed by atoms with Crippen LogP contribution in [0.2, 0.25) is 5.02 Å². The van der Waals surface area contributed by atoms with Crippen LogP contribution in [-0.2, 0) is 11.3 Å². The molecule has 1 aliphatic heterocycles. The van der Waals surface area contributed by atoms with Crippen LogP contribution in [0.3, 0.4) is 0 Å². The van der Waals surface area contributed by atoms with Gasteiger partial charge in [0.05, 0.1) is 12.3 Å². The lowest BCUT2D eigenvalue weighted by Crippen LogP contribution is -2.38. The number of fused-ring (bicyclic) bond motifs is 1. The Bertz CT molecular complexity index is 968. The summed E-state index contributed by atoms with van der Waals surface area (Å²) >= 11 is 7.34. The maximum atomic E-state index is 12.5. The molecule has 9 heteroatoms. The fourth-order valence-electron chi connectivity index (χ4n) is 3.23. The van der Waals surface area contributed by atoms with E-state index in [2.05, 4.69) is 27.2 Å². The summed E-state index contributed by atoms with van der Waals surface area (Å²) in [5.41, 5.74) is 2.34. The Morgan fingerprint density at radius 3 is 2.71 bits per heavy atom. The van der Waals surface area contributed by atoms with Gasteiger partial charge in [-0.15, -0.1) is 5.10 Å². The van der Waals surface area contributed by atoms with Crippen LogP contribution >= 0.6 is 23.4 Å². The summed E-state index contributed by atoms with van der Waals surface area (Å²) in [6, 6.07) is 7.59. The average molecular weight is 417 g/mol. The number of carbonyl (C=O) groups is 1. The second-order valence-corrected chi connectivity index (χ2v) is 8.48. The second-order valence-electron chi connectivity index (χ2n) is 7.08. The van der Waals surface area contributed by atoms with Crippen molar-refractivity contribution in [1.29, 1.82) is 0 Å². The lowest BCUT2D eigenvalue weighted by Gasteiger charge is -2.30. The highest BCUT2D eigenvalue weighted by Crippen LogP contribution is 2.24. The van der Waals surface area contributed by atoms with Gasteiger partial charge in [-0.05, 0) is 36.5 Å². The van der Waals surface area contributed by atoms with Crippen molar-refractivity contribution in [3.8, 4) is 0 Å². The summed E-state index contributed by atoms with van der Waals surface area (Å²) < 4.78 is 1.73. The van der Waals surface area contributed by atoms with Crippen LogP contribution in [-0.4, -0.2) is 54.6 Å². The van der Waals surface area contributed by atoms with E-state index in [1.165, 1.54) is 18.1 Å². The van der Waals surface area contributed by atoms with Gasteiger partial charge in [0, 0.05) is 18.1 Å². The van der Waals surface area contributed by atoms with Crippen molar-refractivity contribution in [3.05, 3.63) is 41.2 Å². The SMILES string of the molecule is CC1CCN(C(=O)CSc2ncnc3c2nnn3Cc2ccc(Cl)cc2)CC1. The Kier molecular flexibility index (Phi) is 5.77. The van der Waals surface area contributed by atoms with Crippen LogP contribution in [0, 0.1) is 5.92 Å². The monoisotopic (exact) mass is 416 g/mol. The molecule has 0 spiro atoms. The van der Waals surface area contributed by atoms with E-state index in [9.17, 15) is 4.79 Å². The van der Waals surface area contributed by atoms with Gasteiger partial charge in [0.25, 0.3) is 0 Å². The second kappa shape index (κ2) is 8.45. The minimum absolute atomic E-state index is 0.150. The number of aromatic nitrogens is 5. The zero-order valence-electron chi connectivity index (χ0n) is 15.6. The Morgan fingerprint density at radius 2 is 1.96 bits per heavy atom. The van der Waals surface area contributed by atoms with Gasteiger partial charge in [-0.2, -0.15) is 0 Å². The minimum atomic E-state index is 0.150. The molecule has 28 heavy (non-hydrogen) atoms. The number of thioether (sulfide) groups is 1. The normalized spacial score (nSPS) is 15.3. The highest BCUT2D eigenvalue weighted by Gasteiger charge is 2.21. The zero-order chi connectivity index (χ0) is 19.5. The molecule has 0 N–H and O–H groups in total. The number of piperidine rings is 1. The molecule has 0 atom stereocenters. The molecule has 0 aliphatic carbocycles. The first-order chi connectivity index (χ1) is 13.6. The number of benzene rings is 1. The van der Waals surface area contributed by atoms with Crippen molar-refractivity contribution >= 4 is 40.4 Å². The third kappa shape index (κ3) is 4.28. The highest BCUT2D eigenvalue weighted by molar-refractivity contribution is 8.00. The molecule has 1 saturated heterocycles. The number of nitrogens with zero attached hydrogens (tertiary/aromatic N) is 6. The van der Waals surface area contributed by atoms with Crippen molar-refractivity contribution < 1.29 is 4.79 Å². The molecular formula is C19H21ClN6OS. The van der Waals surface area contributed by atoms with Gasteiger partial charge in [0.2, 0.25) is 5.91 Å². The van der Waals surface area contributed by atoms with Crippen molar-refractivity contribution in [2.75, 3.05) is 18.8 Å². The molecule has 1 aliphatic rings. The Hall–Kier alpha value is -2.19. The van der Waals surface area contributed by atoms with Crippen LogP contribution < -0.4 is 0 Å². The lowest BCUT2D eigenvalue weighted by molar-refractivity contribution is -0.129. The number of halogens is 1. The Balaban J connectivity index is 1.45. The molecule has 0 radical (unpaired) electrons. The Labute approximate surface area is 172 Å². The molecule has 1 amide bonds. The molecule has 0 unspecified atom stereocenters. The molecule has 0 saturated carbocycles. The molecule has 1 aromatic carbocycles. The van der Waals surface area contributed by atoms with E-state index in [1.54, 1.807) is 4.68 Å². The highest BCUT2D eigenvalue weighted by atomic mass is 35.5. The largest absolute Gasteiger partial charge is 0.342 e. The van der Waals surface area contributed by atoms with Crippen LogP contribution in [0.25, 0.3) is 11.2 Å². The fraction of sp³-hybridized carbons (Fsp3) is 0.421. The number of hydrogen-bond acceptors (Lipinski definition) is 6. The van der Waals surface area contributed by atoms with Gasteiger partial charge >= 0.3 is 0 Å². The zero-order valence-corrected chi connectivity index (χ0v) is 17.2. The molecule has 3 aromatic rings. The summed E-state index contributed by atoms with van der Waals surface area (Å²) in [6.07, 6.45) is 3.65. The summed E-state index contributed by atoms with van der Waals surface area (Å²) in [5.74, 6) is 1.20. The van der Waals surface area contributed by atoms with Gasteiger partial charge in [-0.1, -0.05) is 47.6 Å². The first kappa shape index (κ1) is 19.1. The van der Waals surface area contributed by atoms with Crippen LogP contribution in [0.5, 0.6) is 0 Å². The first-order valence-corrected chi connectivity index (χ1v) is 10.7. The molecule has 3 heterocycles. The van der Waals surface area contributed by atoms with E-state index in [0.717, 1.165) is 31.5 Å². The van der Waals surface area contributed by atoms with Crippen molar-refractivity contribution in [3.63, 3.8) is 0 Å². The third-order valence-electron chi connectivity index (χ3n) is 4.98. The van der Waals surface area contributed by atoms with Crippen LogP contribution in [0.1, 0.15) is 25.3 Å². The molecule has 4 rings (SSSR count). The average Bonchev–Trinajstić information content (AvgIpc) is 3.12. The quantitative estimate of drug-likeness (QED) is 0.469. The molecular weight excluding hydrogens is 396 g/mol. The summed E-state index contributed by atoms with van der Waals surface area (Å²) in [6.45, 7) is 4.47. The van der Waals surface area contributed by atoms with Gasteiger partial charge < -0.3 is 4.90 Å². The maximum absolute atomic E-state index is 12.5. The lowest BCUT2D eigenvalue weighted by atomic mass is 9.99. The maximum Gasteiger partial charge on any atom is 0.232 e. The molecule has 7 nitrogen and oxygen atoms in total. The standard InChI is InChI=1S/C19H21ClN6OS/c1-13-6-8-25(9-7-13)16(27)11-28-19-17-18(21-12-22-19)26(24-23-17)10-14-2-4-15(20)5-3-14/h2-5,12-13H,6-11H2,1H3. The fourth-order valence-corrected chi connectivity index (χ4v) is 4.18. The van der Waals surface area contributed by atoms with Crippen molar-refractivity contribution in [1.82, 2.24) is 29.9 Å².